The van der Waals surface area contributed by atoms with Crippen molar-refractivity contribution in [2.75, 3.05) is 7.11 Å². The molecule has 1 fully saturated rings. The predicted octanol–water partition coefficient (Wildman–Crippen LogP) is 2.02. The standard InChI is InChI=1S/C10H20O.H2O/c1-4-9-7-8(2)5-6-10(9)11-3;/h8-10H,4-7H2,1-3H3;1H2/t8-,9?,10+;/m0./s1. The van der Waals surface area contributed by atoms with E-state index in [2.05, 4.69) is 13.8 Å². The van der Waals surface area contributed by atoms with Crippen LogP contribution in [0.25, 0.3) is 0 Å². The second-order valence-corrected chi connectivity index (χ2v) is 3.86. The van der Waals surface area contributed by atoms with Crippen LogP contribution in [-0.2, 0) is 4.74 Å². The number of methoxy groups -OCH3 is 1. The average Bonchev–Trinajstić information content (AvgIpc) is 2.04. The molecule has 2 N–H and O–H groups in total. The maximum absolute atomic E-state index is 5.44. The van der Waals surface area contributed by atoms with E-state index in [1.807, 2.05) is 7.11 Å². The average molecular weight is 174 g/mol. The van der Waals surface area contributed by atoms with Crippen LogP contribution in [0.4, 0.5) is 0 Å². The summed E-state index contributed by atoms with van der Waals surface area (Å²) in [6.45, 7) is 4.63. The summed E-state index contributed by atoms with van der Waals surface area (Å²) in [5.41, 5.74) is 0. The molecule has 1 aliphatic rings. The van der Waals surface area contributed by atoms with Crippen molar-refractivity contribution < 1.29 is 10.2 Å². The van der Waals surface area contributed by atoms with E-state index in [-0.39, 0.29) is 5.48 Å². The minimum atomic E-state index is 0. The third-order valence-electron chi connectivity index (χ3n) is 3.00. The fourth-order valence-electron chi connectivity index (χ4n) is 2.21. The molecule has 1 saturated carbocycles. The third kappa shape index (κ3) is 2.76. The lowest BCUT2D eigenvalue weighted by Crippen LogP contribution is -2.29. The van der Waals surface area contributed by atoms with E-state index in [4.69, 9.17) is 4.74 Å². The summed E-state index contributed by atoms with van der Waals surface area (Å²) in [5, 5.41) is 0. The van der Waals surface area contributed by atoms with Crippen molar-refractivity contribution in [3.05, 3.63) is 0 Å². The highest BCUT2D eigenvalue weighted by Gasteiger charge is 2.26. The Kier molecular flexibility index (Phi) is 5.51. The Balaban J connectivity index is 0.00000121. The molecule has 1 aliphatic carbocycles. The molecule has 12 heavy (non-hydrogen) atoms. The Labute approximate surface area is 75.6 Å². The van der Waals surface area contributed by atoms with Gasteiger partial charge in [0.1, 0.15) is 0 Å². The van der Waals surface area contributed by atoms with E-state index in [0.29, 0.717) is 6.10 Å². The van der Waals surface area contributed by atoms with Crippen molar-refractivity contribution >= 4 is 0 Å². The van der Waals surface area contributed by atoms with Crippen LogP contribution in [0.1, 0.15) is 39.5 Å². The molecule has 3 atom stereocenters. The van der Waals surface area contributed by atoms with Gasteiger partial charge in [-0.2, -0.15) is 0 Å². The monoisotopic (exact) mass is 174 g/mol. The van der Waals surface area contributed by atoms with Crippen LogP contribution in [0.3, 0.4) is 0 Å². The molecule has 0 radical (unpaired) electrons. The van der Waals surface area contributed by atoms with Crippen LogP contribution >= 0.6 is 0 Å². The molecule has 0 aromatic carbocycles. The van der Waals surface area contributed by atoms with Crippen LogP contribution in [-0.4, -0.2) is 18.7 Å². The van der Waals surface area contributed by atoms with E-state index < -0.39 is 0 Å². The van der Waals surface area contributed by atoms with E-state index in [1.54, 1.807) is 0 Å². The van der Waals surface area contributed by atoms with Gasteiger partial charge in [0, 0.05) is 7.11 Å². The molecular weight excluding hydrogens is 152 g/mol. The highest BCUT2D eigenvalue weighted by atomic mass is 16.5. The van der Waals surface area contributed by atoms with Gasteiger partial charge < -0.3 is 10.2 Å². The molecule has 0 aromatic rings. The molecular formula is C10H22O2. The van der Waals surface area contributed by atoms with Gasteiger partial charge in [-0.3, -0.25) is 0 Å². The van der Waals surface area contributed by atoms with Crippen LogP contribution in [0, 0.1) is 11.8 Å². The molecule has 1 rings (SSSR count). The molecule has 2 nitrogen and oxygen atoms in total. The van der Waals surface area contributed by atoms with Crippen molar-refractivity contribution in [3.8, 4) is 0 Å². The van der Waals surface area contributed by atoms with Gasteiger partial charge in [0.2, 0.25) is 0 Å². The van der Waals surface area contributed by atoms with Crippen molar-refractivity contribution in [1.29, 1.82) is 0 Å². The van der Waals surface area contributed by atoms with Crippen molar-refractivity contribution in [2.45, 2.75) is 45.6 Å². The molecule has 0 spiro atoms. The van der Waals surface area contributed by atoms with Gasteiger partial charge in [0.05, 0.1) is 6.10 Å². The zero-order valence-corrected chi connectivity index (χ0v) is 8.47. The molecule has 0 aliphatic heterocycles. The zero-order valence-electron chi connectivity index (χ0n) is 8.47. The first-order chi connectivity index (χ1) is 5.27. The summed E-state index contributed by atoms with van der Waals surface area (Å²) < 4.78 is 5.44. The molecule has 0 bridgehead atoms. The summed E-state index contributed by atoms with van der Waals surface area (Å²) in [6, 6.07) is 0. The van der Waals surface area contributed by atoms with Gasteiger partial charge >= 0.3 is 0 Å². The largest absolute Gasteiger partial charge is 0.412 e. The summed E-state index contributed by atoms with van der Waals surface area (Å²) in [4.78, 5) is 0. The quantitative estimate of drug-likeness (QED) is 0.631. The van der Waals surface area contributed by atoms with Crippen LogP contribution in [0.2, 0.25) is 0 Å². The zero-order chi connectivity index (χ0) is 8.27. The van der Waals surface area contributed by atoms with Crippen LogP contribution in [0.15, 0.2) is 0 Å². The maximum atomic E-state index is 5.44. The smallest absolute Gasteiger partial charge is 0.0599 e. The lowest BCUT2D eigenvalue weighted by Gasteiger charge is -2.33. The summed E-state index contributed by atoms with van der Waals surface area (Å²) >= 11 is 0. The van der Waals surface area contributed by atoms with Gasteiger partial charge in [0.15, 0.2) is 0 Å². The highest BCUT2D eigenvalue weighted by molar-refractivity contribution is 4.77. The fraction of sp³-hybridized carbons (Fsp3) is 1.00. The third-order valence-corrected chi connectivity index (χ3v) is 3.00. The van der Waals surface area contributed by atoms with Crippen molar-refractivity contribution in [3.63, 3.8) is 0 Å². The van der Waals surface area contributed by atoms with Crippen molar-refractivity contribution in [1.82, 2.24) is 0 Å². The normalized spacial score (nSPS) is 35.8. The lowest BCUT2D eigenvalue weighted by molar-refractivity contribution is 0.00922. The van der Waals surface area contributed by atoms with E-state index in [0.717, 1.165) is 11.8 Å². The van der Waals surface area contributed by atoms with E-state index in [9.17, 15) is 0 Å². The molecule has 0 heterocycles. The molecule has 0 aromatic heterocycles. The minimum Gasteiger partial charge on any atom is -0.412 e. The minimum absolute atomic E-state index is 0. The summed E-state index contributed by atoms with van der Waals surface area (Å²) in [7, 11) is 1.85. The summed E-state index contributed by atoms with van der Waals surface area (Å²) in [6.07, 6.45) is 5.83. The first kappa shape index (κ1) is 11.9. The number of rotatable bonds is 2. The second kappa shape index (κ2) is 5.55. The molecule has 2 heteroatoms. The van der Waals surface area contributed by atoms with Crippen molar-refractivity contribution in [2.24, 2.45) is 11.8 Å². The molecule has 0 amide bonds. The fourth-order valence-corrected chi connectivity index (χ4v) is 2.21. The van der Waals surface area contributed by atoms with Gasteiger partial charge in [-0.1, -0.05) is 20.3 Å². The van der Waals surface area contributed by atoms with E-state index >= 15 is 0 Å². The lowest BCUT2D eigenvalue weighted by atomic mass is 9.79. The van der Waals surface area contributed by atoms with Crippen LogP contribution < -0.4 is 0 Å². The van der Waals surface area contributed by atoms with Gasteiger partial charge in [0.25, 0.3) is 0 Å². The predicted molar refractivity (Wildman–Crippen MR) is 51.2 cm³/mol. The Hall–Kier alpha value is -0.0800. The second-order valence-electron chi connectivity index (χ2n) is 3.86. The summed E-state index contributed by atoms with van der Waals surface area (Å²) in [5.74, 6) is 1.75. The Morgan fingerprint density at radius 1 is 1.33 bits per heavy atom. The first-order valence-electron chi connectivity index (χ1n) is 4.80. The van der Waals surface area contributed by atoms with Gasteiger partial charge in [-0.15, -0.1) is 0 Å². The topological polar surface area (TPSA) is 40.7 Å². The number of hydrogen-bond donors (Lipinski definition) is 0. The number of ether oxygens (including phenoxy) is 1. The van der Waals surface area contributed by atoms with Gasteiger partial charge in [-0.05, 0) is 31.1 Å². The maximum Gasteiger partial charge on any atom is 0.0599 e. The molecule has 1 unspecified atom stereocenters. The van der Waals surface area contributed by atoms with Gasteiger partial charge in [-0.25, -0.2) is 0 Å². The van der Waals surface area contributed by atoms with Crippen LogP contribution in [0.5, 0.6) is 0 Å². The Morgan fingerprint density at radius 2 is 2.00 bits per heavy atom. The number of hydrogen-bond acceptors (Lipinski definition) is 1. The molecule has 0 saturated heterocycles. The van der Waals surface area contributed by atoms with E-state index in [1.165, 1.54) is 25.7 Å². The Bertz CT molecular complexity index is 114. The SMILES string of the molecule is CCC1C[C@@H](C)CC[C@H]1OC.O. The molecule has 74 valence electrons. The first-order valence-corrected chi connectivity index (χ1v) is 4.80. The highest BCUT2D eigenvalue weighted by Crippen LogP contribution is 2.32. The Morgan fingerprint density at radius 3 is 2.50 bits per heavy atom.